The maximum Gasteiger partial charge on any atom is 0.337 e. The number of β-amino-alcohol motifs (C(OH)–C–C–N with tert-alkyl or cyclic N) is 1. The van der Waals surface area contributed by atoms with Crippen molar-refractivity contribution >= 4 is 17.6 Å². The molecular weight excluding hydrogens is 322 g/mol. The van der Waals surface area contributed by atoms with Crippen molar-refractivity contribution in [3.8, 4) is 0 Å². The fourth-order valence-electron chi connectivity index (χ4n) is 3.27. The van der Waals surface area contributed by atoms with Crippen molar-refractivity contribution in [3.05, 3.63) is 40.6 Å². The van der Waals surface area contributed by atoms with Crippen molar-refractivity contribution in [1.29, 1.82) is 0 Å². The van der Waals surface area contributed by atoms with Gasteiger partial charge in [0.1, 0.15) is 5.70 Å². The number of aliphatic hydroxyl groups excluding tert-OH is 1. The number of esters is 1. The molecule has 0 spiro atoms. The molecule has 2 N–H and O–H groups in total. The number of likely N-dealkylation sites (N-methyl/N-ethyl adjacent to an activating group) is 1. The first-order valence-electron chi connectivity index (χ1n) is 8.32. The van der Waals surface area contributed by atoms with Crippen LogP contribution in [0, 0.1) is 0 Å². The lowest BCUT2D eigenvalue weighted by Crippen LogP contribution is -2.31. The number of anilines is 1. The maximum atomic E-state index is 12.5. The summed E-state index contributed by atoms with van der Waals surface area (Å²) in [7, 11) is 3.37. The summed E-state index contributed by atoms with van der Waals surface area (Å²) in [5.41, 5.74) is 3.81. The number of methoxy groups -OCH3 is 1. The molecule has 134 valence electrons. The molecule has 1 amide bonds. The van der Waals surface area contributed by atoms with Gasteiger partial charge in [-0.25, -0.2) is 4.79 Å². The lowest BCUT2D eigenvalue weighted by molar-refractivity contribution is -0.136. The number of hydrogen-bond acceptors (Lipinski definition) is 6. The zero-order valence-corrected chi connectivity index (χ0v) is 14.5. The number of amides is 1. The highest BCUT2D eigenvalue weighted by Gasteiger charge is 2.34. The monoisotopic (exact) mass is 345 g/mol. The molecule has 0 saturated heterocycles. The van der Waals surface area contributed by atoms with E-state index in [4.69, 9.17) is 9.84 Å². The Morgan fingerprint density at radius 2 is 2.12 bits per heavy atom. The van der Waals surface area contributed by atoms with E-state index >= 15 is 0 Å². The van der Waals surface area contributed by atoms with Crippen molar-refractivity contribution in [2.45, 2.75) is 13.0 Å². The smallest absolute Gasteiger partial charge is 0.337 e. The fourth-order valence-corrected chi connectivity index (χ4v) is 3.27. The van der Waals surface area contributed by atoms with Gasteiger partial charge in [-0.2, -0.15) is 0 Å². The van der Waals surface area contributed by atoms with Gasteiger partial charge >= 0.3 is 5.97 Å². The van der Waals surface area contributed by atoms with Gasteiger partial charge in [-0.05, 0) is 36.7 Å². The minimum atomic E-state index is -0.533. The molecule has 0 fully saturated rings. The summed E-state index contributed by atoms with van der Waals surface area (Å²) in [5.74, 6) is -0.835. The van der Waals surface area contributed by atoms with E-state index in [1.54, 1.807) is 0 Å². The first-order chi connectivity index (χ1) is 12.0. The SMILES string of the molecule is COC(=O)C1=C(Nc2ccc3c(c2)CN(C)CC3)C(=O)N(CCO)C1. The number of hydrogen-bond donors (Lipinski definition) is 2. The normalized spacial score (nSPS) is 17.7. The quantitative estimate of drug-likeness (QED) is 0.750. The van der Waals surface area contributed by atoms with Gasteiger partial charge in [0.05, 0.1) is 25.8 Å². The van der Waals surface area contributed by atoms with E-state index in [1.807, 2.05) is 12.1 Å². The number of aliphatic hydroxyl groups is 1. The average Bonchev–Trinajstić information content (AvgIpc) is 2.91. The molecule has 0 aliphatic carbocycles. The van der Waals surface area contributed by atoms with Crippen LogP contribution in [0.3, 0.4) is 0 Å². The molecule has 7 nitrogen and oxygen atoms in total. The van der Waals surface area contributed by atoms with Crippen LogP contribution < -0.4 is 5.32 Å². The number of nitrogens with zero attached hydrogens (tertiary/aromatic N) is 2. The number of nitrogens with one attached hydrogen (secondary N) is 1. The molecule has 2 aliphatic rings. The van der Waals surface area contributed by atoms with Gasteiger partial charge in [0.15, 0.2) is 0 Å². The van der Waals surface area contributed by atoms with E-state index in [9.17, 15) is 9.59 Å². The molecule has 7 heteroatoms. The van der Waals surface area contributed by atoms with E-state index in [-0.39, 0.29) is 36.9 Å². The molecule has 0 aromatic heterocycles. The van der Waals surface area contributed by atoms with Gasteiger partial charge in [0.25, 0.3) is 5.91 Å². The van der Waals surface area contributed by atoms with E-state index in [0.717, 1.165) is 25.2 Å². The Bertz CT molecular complexity index is 729. The van der Waals surface area contributed by atoms with Gasteiger partial charge in [0, 0.05) is 25.3 Å². The van der Waals surface area contributed by atoms with Crippen LogP contribution in [0.25, 0.3) is 0 Å². The Balaban J connectivity index is 1.87. The van der Waals surface area contributed by atoms with Gasteiger partial charge in [0.2, 0.25) is 0 Å². The number of ether oxygens (including phenoxy) is 1. The Hall–Kier alpha value is -2.38. The molecule has 25 heavy (non-hydrogen) atoms. The largest absolute Gasteiger partial charge is 0.466 e. The van der Waals surface area contributed by atoms with E-state index in [2.05, 4.69) is 23.3 Å². The van der Waals surface area contributed by atoms with E-state index in [0.29, 0.717) is 0 Å². The molecule has 0 atom stereocenters. The third-order valence-corrected chi connectivity index (χ3v) is 4.63. The summed E-state index contributed by atoms with van der Waals surface area (Å²) < 4.78 is 4.80. The number of fused-ring (bicyclic) bond motifs is 1. The van der Waals surface area contributed by atoms with Gasteiger partial charge in [-0.15, -0.1) is 0 Å². The summed E-state index contributed by atoms with van der Waals surface area (Å²) in [5, 5.41) is 12.2. The highest BCUT2D eigenvalue weighted by atomic mass is 16.5. The molecule has 3 rings (SSSR count). The van der Waals surface area contributed by atoms with Gasteiger partial charge < -0.3 is 25.0 Å². The molecule has 2 heterocycles. The van der Waals surface area contributed by atoms with Crippen LogP contribution in [0.5, 0.6) is 0 Å². The fraction of sp³-hybridized carbons (Fsp3) is 0.444. The van der Waals surface area contributed by atoms with Gasteiger partial charge in [-0.1, -0.05) is 6.07 Å². The lowest BCUT2D eigenvalue weighted by Gasteiger charge is -2.25. The highest BCUT2D eigenvalue weighted by molar-refractivity contribution is 6.08. The van der Waals surface area contributed by atoms with E-state index in [1.165, 1.54) is 23.1 Å². The summed E-state index contributed by atoms with van der Waals surface area (Å²) in [6.45, 7) is 2.06. The maximum absolute atomic E-state index is 12.5. The zero-order chi connectivity index (χ0) is 18.0. The van der Waals surface area contributed by atoms with Crippen LogP contribution in [0.1, 0.15) is 11.1 Å². The molecule has 0 saturated carbocycles. The molecule has 1 aromatic rings. The molecule has 0 unspecified atom stereocenters. The van der Waals surface area contributed by atoms with Crippen molar-refractivity contribution in [1.82, 2.24) is 9.80 Å². The lowest BCUT2D eigenvalue weighted by atomic mass is 9.99. The van der Waals surface area contributed by atoms with Crippen LogP contribution in [-0.2, 0) is 27.3 Å². The number of carbonyl (C=O) groups excluding carboxylic acids is 2. The van der Waals surface area contributed by atoms with Crippen LogP contribution in [0.4, 0.5) is 5.69 Å². The first kappa shape index (κ1) is 17.4. The Kier molecular flexibility index (Phi) is 5.06. The minimum absolute atomic E-state index is 0.141. The predicted molar refractivity (Wildman–Crippen MR) is 92.8 cm³/mol. The highest BCUT2D eigenvalue weighted by Crippen LogP contribution is 2.26. The second-order valence-electron chi connectivity index (χ2n) is 6.39. The number of rotatable bonds is 5. The molecular formula is C18H23N3O4. The number of carbonyl (C=O) groups is 2. The standard InChI is InChI=1S/C18H23N3O4/c1-20-6-5-12-3-4-14(9-13(12)10-20)19-16-15(18(24)25-2)11-21(7-8-22)17(16)23/h3-4,9,19,22H,5-8,10-11H2,1-2H3. The molecule has 0 bridgehead atoms. The second-order valence-corrected chi connectivity index (χ2v) is 6.39. The van der Waals surface area contributed by atoms with Crippen LogP contribution in [-0.4, -0.2) is 67.2 Å². The average molecular weight is 345 g/mol. The Morgan fingerprint density at radius 3 is 2.84 bits per heavy atom. The van der Waals surface area contributed by atoms with Crippen molar-refractivity contribution < 1.29 is 19.4 Å². The van der Waals surface area contributed by atoms with Crippen LogP contribution in [0.15, 0.2) is 29.5 Å². The van der Waals surface area contributed by atoms with Crippen molar-refractivity contribution in [2.24, 2.45) is 0 Å². The molecule has 1 aromatic carbocycles. The summed E-state index contributed by atoms with van der Waals surface area (Å²) in [4.78, 5) is 28.2. The van der Waals surface area contributed by atoms with Crippen LogP contribution in [0.2, 0.25) is 0 Å². The summed E-state index contributed by atoms with van der Waals surface area (Å²) >= 11 is 0. The minimum Gasteiger partial charge on any atom is -0.466 e. The van der Waals surface area contributed by atoms with Crippen molar-refractivity contribution in [3.63, 3.8) is 0 Å². The summed E-state index contributed by atoms with van der Waals surface area (Å²) in [6.07, 6.45) is 1.01. The third kappa shape index (κ3) is 3.52. The van der Waals surface area contributed by atoms with E-state index < -0.39 is 5.97 Å². The Morgan fingerprint density at radius 1 is 1.32 bits per heavy atom. The third-order valence-electron chi connectivity index (χ3n) is 4.63. The van der Waals surface area contributed by atoms with Crippen molar-refractivity contribution in [2.75, 3.05) is 45.7 Å². The van der Waals surface area contributed by atoms with Gasteiger partial charge in [-0.3, -0.25) is 4.79 Å². The van der Waals surface area contributed by atoms with Crippen LogP contribution >= 0.6 is 0 Å². The first-order valence-corrected chi connectivity index (χ1v) is 8.32. The topological polar surface area (TPSA) is 82.1 Å². The zero-order valence-electron chi connectivity index (χ0n) is 14.5. The number of benzene rings is 1. The summed E-state index contributed by atoms with van der Waals surface area (Å²) in [6, 6.07) is 6.01. The molecule has 2 aliphatic heterocycles. The Labute approximate surface area is 146 Å². The predicted octanol–water partition coefficient (Wildman–Crippen LogP) is 0.348. The molecule has 0 radical (unpaired) electrons. The second kappa shape index (κ2) is 7.25.